The molecular formula is C17H28N2O4. The SMILES string of the molecule is C=CCC(O)(CC=C)CNC(=O)[C@H]1CCC(=O)N(CCOC)C1. The van der Waals surface area contributed by atoms with Crippen molar-refractivity contribution in [2.45, 2.75) is 31.3 Å². The number of carbonyl (C=O) groups excluding carboxylic acids is 2. The molecule has 0 spiro atoms. The molecule has 1 heterocycles. The molecule has 0 unspecified atom stereocenters. The van der Waals surface area contributed by atoms with Crippen LogP contribution in [0, 0.1) is 5.92 Å². The maximum Gasteiger partial charge on any atom is 0.225 e. The highest BCUT2D eigenvalue weighted by Crippen LogP contribution is 2.19. The first-order valence-electron chi connectivity index (χ1n) is 7.94. The summed E-state index contributed by atoms with van der Waals surface area (Å²) in [6, 6.07) is 0. The van der Waals surface area contributed by atoms with Crippen molar-refractivity contribution in [3.05, 3.63) is 25.3 Å². The molecule has 0 radical (unpaired) electrons. The summed E-state index contributed by atoms with van der Waals surface area (Å²) in [5.41, 5.74) is -1.06. The largest absolute Gasteiger partial charge is 0.387 e. The number of ether oxygens (including phenoxy) is 1. The monoisotopic (exact) mass is 324 g/mol. The van der Waals surface area contributed by atoms with Crippen molar-refractivity contribution in [1.82, 2.24) is 10.2 Å². The lowest BCUT2D eigenvalue weighted by Crippen LogP contribution is -2.49. The van der Waals surface area contributed by atoms with Gasteiger partial charge in [0, 0.05) is 33.2 Å². The average Bonchev–Trinajstić information content (AvgIpc) is 2.52. The quantitative estimate of drug-likeness (QED) is 0.585. The molecule has 130 valence electrons. The van der Waals surface area contributed by atoms with Crippen LogP contribution in [0.15, 0.2) is 25.3 Å². The predicted octanol–water partition coefficient (Wildman–Crippen LogP) is 0.871. The number of aliphatic hydroxyl groups is 1. The lowest BCUT2D eigenvalue weighted by atomic mass is 9.93. The Bertz CT molecular complexity index is 426. The Labute approximate surface area is 138 Å². The molecular weight excluding hydrogens is 296 g/mol. The summed E-state index contributed by atoms with van der Waals surface area (Å²) in [6.45, 7) is 8.75. The Morgan fingerprint density at radius 3 is 2.70 bits per heavy atom. The zero-order valence-corrected chi connectivity index (χ0v) is 13.9. The third-order valence-electron chi connectivity index (χ3n) is 4.08. The Balaban J connectivity index is 2.54. The molecule has 6 heteroatoms. The van der Waals surface area contributed by atoms with Crippen molar-refractivity contribution in [2.75, 3.05) is 33.4 Å². The van der Waals surface area contributed by atoms with Gasteiger partial charge in [0.15, 0.2) is 0 Å². The molecule has 0 aliphatic carbocycles. The lowest BCUT2D eigenvalue weighted by molar-refractivity contribution is -0.139. The van der Waals surface area contributed by atoms with Gasteiger partial charge in [0.2, 0.25) is 11.8 Å². The summed E-state index contributed by atoms with van der Waals surface area (Å²) in [5, 5.41) is 13.2. The first kappa shape index (κ1) is 19.4. The van der Waals surface area contributed by atoms with Crippen LogP contribution < -0.4 is 5.32 Å². The van der Waals surface area contributed by atoms with E-state index in [4.69, 9.17) is 4.74 Å². The third-order valence-corrected chi connectivity index (χ3v) is 4.08. The summed E-state index contributed by atoms with van der Waals surface area (Å²) in [5.74, 6) is -0.325. The standard InChI is InChI=1S/C17H28N2O4/c1-4-8-17(22,9-5-2)13-18-16(21)14-6-7-15(20)19(12-14)10-11-23-3/h4-5,14,22H,1-2,6-13H2,3H3,(H,18,21)/t14-/m0/s1. The number of hydrogen-bond donors (Lipinski definition) is 2. The number of nitrogens with one attached hydrogen (secondary N) is 1. The fourth-order valence-electron chi connectivity index (χ4n) is 2.71. The van der Waals surface area contributed by atoms with Crippen LogP contribution in [0.4, 0.5) is 0 Å². The highest BCUT2D eigenvalue weighted by Gasteiger charge is 2.31. The van der Waals surface area contributed by atoms with Crippen molar-refractivity contribution < 1.29 is 19.4 Å². The molecule has 0 aromatic rings. The first-order chi connectivity index (χ1) is 11.0. The van der Waals surface area contributed by atoms with Gasteiger partial charge in [-0.2, -0.15) is 0 Å². The van der Waals surface area contributed by atoms with Gasteiger partial charge in [0.25, 0.3) is 0 Å². The van der Waals surface area contributed by atoms with Crippen molar-refractivity contribution in [2.24, 2.45) is 5.92 Å². The summed E-state index contributed by atoms with van der Waals surface area (Å²) in [6.07, 6.45) is 4.91. The Morgan fingerprint density at radius 1 is 1.48 bits per heavy atom. The zero-order chi connectivity index (χ0) is 17.3. The lowest BCUT2D eigenvalue weighted by Gasteiger charge is -2.33. The minimum Gasteiger partial charge on any atom is -0.387 e. The van der Waals surface area contributed by atoms with E-state index < -0.39 is 5.60 Å². The molecule has 1 saturated heterocycles. The van der Waals surface area contributed by atoms with Crippen LogP contribution in [0.5, 0.6) is 0 Å². The van der Waals surface area contributed by atoms with Gasteiger partial charge in [0.05, 0.1) is 18.1 Å². The maximum atomic E-state index is 12.3. The van der Waals surface area contributed by atoms with E-state index in [1.54, 1.807) is 24.2 Å². The van der Waals surface area contributed by atoms with E-state index in [1.807, 2.05) is 0 Å². The van der Waals surface area contributed by atoms with E-state index in [-0.39, 0.29) is 24.3 Å². The second-order valence-electron chi connectivity index (χ2n) is 6.00. The van der Waals surface area contributed by atoms with Crippen molar-refractivity contribution in [1.29, 1.82) is 0 Å². The first-order valence-corrected chi connectivity index (χ1v) is 7.94. The predicted molar refractivity (Wildman–Crippen MR) is 88.8 cm³/mol. The fraction of sp³-hybridized carbons (Fsp3) is 0.647. The van der Waals surface area contributed by atoms with Crippen LogP contribution in [0.1, 0.15) is 25.7 Å². The number of hydrogen-bond acceptors (Lipinski definition) is 4. The van der Waals surface area contributed by atoms with Crippen molar-refractivity contribution in [3.8, 4) is 0 Å². The van der Waals surface area contributed by atoms with Gasteiger partial charge in [-0.05, 0) is 19.3 Å². The summed E-state index contributed by atoms with van der Waals surface area (Å²) < 4.78 is 4.99. The molecule has 1 fully saturated rings. The highest BCUT2D eigenvalue weighted by molar-refractivity contribution is 5.83. The highest BCUT2D eigenvalue weighted by atomic mass is 16.5. The average molecular weight is 324 g/mol. The van der Waals surface area contributed by atoms with E-state index in [1.165, 1.54) is 0 Å². The van der Waals surface area contributed by atoms with Gasteiger partial charge in [-0.3, -0.25) is 9.59 Å². The number of piperidine rings is 1. The molecule has 1 atom stereocenters. The van der Waals surface area contributed by atoms with Crippen LogP contribution in [0.3, 0.4) is 0 Å². The van der Waals surface area contributed by atoms with Crippen LogP contribution in [-0.2, 0) is 14.3 Å². The van der Waals surface area contributed by atoms with Crippen LogP contribution in [-0.4, -0.2) is 60.8 Å². The van der Waals surface area contributed by atoms with E-state index >= 15 is 0 Å². The van der Waals surface area contributed by atoms with E-state index in [0.717, 1.165) is 0 Å². The van der Waals surface area contributed by atoms with Gasteiger partial charge in [-0.15, -0.1) is 13.2 Å². The summed E-state index contributed by atoms with van der Waals surface area (Å²) in [7, 11) is 1.58. The Hall–Kier alpha value is -1.66. The second kappa shape index (κ2) is 9.47. The molecule has 23 heavy (non-hydrogen) atoms. The van der Waals surface area contributed by atoms with Crippen molar-refractivity contribution >= 4 is 11.8 Å². The molecule has 0 saturated carbocycles. The number of amides is 2. The van der Waals surface area contributed by atoms with Crippen LogP contribution in [0.2, 0.25) is 0 Å². The molecule has 2 N–H and O–H groups in total. The fourth-order valence-corrected chi connectivity index (χ4v) is 2.71. The Kier molecular flexibility index (Phi) is 7.98. The molecule has 1 aliphatic heterocycles. The smallest absolute Gasteiger partial charge is 0.225 e. The zero-order valence-electron chi connectivity index (χ0n) is 13.9. The maximum absolute atomic E-state index is 12.3. The molecule has 6 nitrogen and oxygen atoms in total. The number of rotatable bonds is 10. The number of carbonyl (C=O) groups is 2. The minimum atomic E-state index is -1.06. The van der Waals surface area contributed by atoms with Gasteiger partial charge < -0.3 is 20.1 Å². The number of likely N-dealkylation sites (tertiary alicyclic amines) is 1. The minimum absolute atomic E-state index is 0.0564. The molecule has 0 aromatic heterocycles. The van der Waals surface area contributed by atoms with Gasteiger partial charge in [0.1, 0.15) is 0 Å². The third kappa shape index (κ3) is 6.15. The summed E-state index contributed by atoms with van der Waals surface area (Å²) in [4.78, 5) is 25.8. The normalized spacial score (nSPS) is 18.6. The van der Waals surface area contributed by atoms with Gasteiger partial charge in [-0.1, -0.05) is 12.2 Å². The van der Waals surface area contributed by atoms with Crippen LogP contribution >= 0.6 is 0 Å². The summed E-state index contributed by atoms with van der Waals surface area (Å²) >= 11 is 0. The van der Waals surface area contributed by atoms with E-state index in [2.05, 4.69) is 18.5 Å². The number of nitrogens with zero attached hydrogens (tertiary/aromatic N) is 1. The van der Waals surface area contributed by atoms with E-state index in [9.17, 15) is 14.7 Å². The molecule has 2 amide bonds. The molecule has 0 aromatic carbocycles. The van der Waals surface area contributed by atoms with E-state index in [0.29, 0.717) is 45.4 Å². The van der Waals surface area contributed by atoms with Gasteiger partial charge >= 0.3 is 0 Å². The second-order valence-corrected chi connectivity index (χ2v) is 6.00. The molecule has 1 aliphatic rings. The van der Waals surface area contributed by atoms with Crippen molar-refractivity contribution in [3.63, 3.8) is 0 Å². The van der Waals surface area contributed by atoms with Crippen LogP contribution in [0.25, 0.3) is 0 Å². The Morgan fingerprint density at radius 2 is 2.13 bits per heavy atom. The van der Waals surface area contributed by atoms with Gasteiger partial charge in [-0.25, -0.2) is 0 Å². The molecule has 0 bridgehead atoms. The topological polar surface area (TPSA) is 78.9 Å². The molecule has 1 rings (SSSR count). The number of methoxy groups -OCH3 is 1.